The van der Waals surface area contributed by atoms with Gasteiger partial charge in [-0.1, -0.05) is 29.3 Å². The Labute approximate surface area is 205 Å². The van der Waals surface area contributed by atoms with Gasteiger partial charge in [-0.25, -0.2) is 4.98 Å². The number of thiol groups is 1. The molecule has 0 N–H and O–H groups in total. The predicted octanol–water partition coefficient (Wildman–Crippen LogP) is 4.41. The van der Waals surface area contributed by atoms with Crippen LogP contribution in [0.15, 0.2) is 72.7 Å². The zero-order chi connectivity index (χ0) is 22.8. The van der Waals surface area contributed by atoms with Crippen LogP contribution in [-0.2, 0) is 21.8 Å². The first-order valence-corrected chi connectivity index (χ1v) is 11.3. The minimum Gasteiger partial charge on any atom is -0.491 e. The molecule has 0 saturated carbocycles. The fraction of sp³-hybridized carbons (Fsp3) is 0.227. The summed E-state index contributed by atoms with van der Waals surface area (Å²) in [6.07, 6.45) is 6.55. The molecule has 1 fully saturated rings. The molecule has 2 atom stereocenters. The zero-order valence-corrected chi connectivity index (χ0v) is 19.6. The molecule has 0 spiro atoms. The zero-order valence-electron chi connectivity index (χ0n) is 17.2. The number of halogens is 2. The maximum absolute atomic E-state index is 6.51. The summed E-state index contributed by atoms with van der Waals surface area (Å²) >= 11 is 16.9. The molecule has 2 aromatic heterocycles. The van der Waals surface area contributed by atoms with Crippen molar-refractivity contribution in [3.8, 4) is 11.4 Å². The van der Waals surface area contributed by atoms with Crippen LogP contribution in [0.5, 0.6) is 5.75 Å². The van der Waals surface area contributed by atoms with Crippen LogP contribution < -0.4 is 4.74 Å². The molecule has 0 unspecified atom stereocenters. The highest BCUT2D eigenvalue weighted by Gasteiger charge is 2.45. The van der Waals surface area contributed by atoms with Gasteiger partial charge in [0.15, 0.2) is 5.16 Å². The van der Waals surface area contributed by atoms with Crippen molar-refractivity contribution in [2.45, 2.75) is 23.6 Å². The monoisotopic (exact) mass is 503 g/mol. The number of aromatic nitrogens is 5. The fourth-order valence-electron chi connectivity index (χ4n) is 3.68. The first-order valence-electron chi connectivity index (χ1n) is 10.1. The van der Waals surface area contributed by atoms with E-state index in [0.29, 0.717) is 46.3 Å². The summed E-state index contributed by atoms with van der Waals surface area (Å²) in [6.45, 7) is 1.03. The molecule has 2 aromatic carbocycles. The molecule has 8 nitrogen and oxygen atoms in total. The molecule has 0 radical (unpaired) electrons. The summed E-state index contributed by atoms with van der Waals surface area (Å²) in [5.74, 6) is -0.384. The number of rotatable bonds is 7. The van der Waals surface area contributed by atoms with E-state index in [1.165, 1.54) is 0 Å². The van der Waals surface area contributed by atoms with Gasteiger partial charge in [0.1, 0.15) is 24.8 Å². The summed E-state index contributed by atoms with van der Waals surface area (Å²) in [4.78, 5) is 4.11. The van der Waals surface area contributed by atoms with Gasteiger partial charge in [-0.3, -0.25) is 4.57 Å². The van der Waals surface area contributed by atoms with Crippen LogP contribution in [0.2, 0.25) is 10.0 Å². The summed E-state index contributed by atoms with van der Waals surface area (Å²) in [7, 11) is 0. The van der Waals surface area contributed by atoms with Crippen LogP contribution in [0.1, 0.15) is 5.56 Å². The maximum atomic E-state index is 6.51. The average molecular weight is 504 g/mol. The third-order valence-electron chi connectivity index (χ3n) is 5.23. The topological polar surface area (TPSA) is 76.2 Å². The molecule has 3 heterocycles. The van der Waals surface area contributed by atoms with Crippen molar-refractivity contribution in [1.82, 2.24) is 24.3 Å². The van der Waals surface area contributed by atoms with Crippen LogP contribution >= 0.6 is 35.8 Å². The number of hydrogen-bond acceptors (Lipinski definition) is 7. The Morgan fingerprint density at radius 3 is 2.70 bits per heavy atom. The van der Waals surface area contributed by atoms with Crippen LogP contribution in [-0.4, -0.2) is 43.6 Å². The first kappa shape index (κ1) is 22.2. The molecule has 0 amide bonds. The third-order valence-corrected chi connectivity index (χ3v) is 6.08. The highest BCUT2D eigenvalue weighted by Crippen LogP contribution is 2.40. The van der Waals surface area contributed by atoms with Gasteiger partial charge in [0.25, 0.3) is 0 Å². The van der Waals surface area contributed by atoms with E-state index in [2.05, 4.69) is 27.8 Å². The largest absolute Gasteiger partial charge is 0.491 e. The van der Waals surface area contributed by atoms with E-state index in [1.54, 1.807) is 35.6 Å². The van der Waals surface area contributed by atoms with Crippen molar-refractivity contribution in [3.05, 3.63) is 83.1 Å². The Hall–Kier alpha value is -2.56. The van der Waals surface area contributed by atoms with Gasteiger partial charge in [-0.15, -0.1) is 22.8 Å². The second-order valence-corrected chi connectivity index (χ2v) is 8.71. The lowest BCUT2D eigenvalue weighted by Crippen LogP contribution is -2.34. The van der Waals surface area contributed by atoms with Gasteiger partial charge in [-0.05, 0) is 36.4 Å². The summed E-state index contributed by atoms with van der Waals surface area (Å²) in [6, 6.07) is 12.8. The SMILES string of the molecule is Sc1nncn1-c1ccc(OC[C@@H]2CO[C@@](Cn3ccnc3)(c3ccc(Cl)cc3Cl)O2)cc1. The third kappa shape index (κ3) is 4.73. The fourth-order valence-corrected chi connectivity index (χ4v) is 4.45. The Balaban J connectivity index is 1.30. The summed E-state index contributed by atoms with van der Waals surface area (Å²) < 4.78 is 22.2. The minimum atomic E-state index is -1.09. The van der Waals surface area contributed by atoms with E-state index >= 15 is 0 Å². The predicted molar refractivity (Wildman–Crippen MR) is 125 cm³/mol. The van der Waals surface area contributed by atoms with Crippen LogP contribution in [0.25, 0.3) is 5.69 Å². The van der Waals surface area contributed by atoms with Gasteiger partial charge in [0.2, 0.25) is 5.79 Å². The molecule has 5 rings (SSSR count). The highest BCUT2D eigenvalue weighted by atomic mass is 35.5. The van der Waals surface area contributed by atoms with Gasteiger partial charge < -0.3 is 18.8 Å². The van der Waals surface area contributed by atoms with Crippen LogP contribution in [0.3, 0.4) is 0 Å². The highest BCUT2D eigenvalue weighted by molar-refractivity contribution is 7.80. The number of nitrogens with zero attached hydrogens (tertiary/aromatic N) is 5. The molecule has 0 aliphatic carbocycles. The standard InChI is InChI=1S/C22H19Cl2N5O3S/c23-15-1-6-19(20(24)9-15)22(12-28-8-7-25-13-28)31-11-18(32-22)10-30-17-4-2-16(3-5-17)29-14-26-27-21(29)33/h1-9,13-14,18H,10-12H2,(H,27,33)/t18-,22-/m1/s1. The lowest BCUT2D eigenvalue weighted by molar-refractivity contribution is -0.189. The molecule has 1 saturated heterocycles. The molecule has 0 bridgehead atoms. The van der Waals surface area contributed by atoms with Crippen LogP contribution in [0, 0.1) is 0 Å². The van der Waals surface area contributed by atoms with Crippen molar-refractivity contribution < 1.29 is 14.2 Å². The van der Waals surface area contributed by atoms with E-state index < -0.39 is 5.79 Å². The van der Waals surface area contributed by atoms with Crippen LogP contribution in [0.4, 0.5) is 0 Å². The summed E-state index contributed by atoms with van der Waals surface area (Å²) in [5.41, 5.74) is 1.58. The normalized spacial score (nSPS) is 20.3. The number of hydrogen-bond donors (Lipinski definition) is 1. The Kier molecular flexibility index (Phi) is 6.31. The van der Waals surface area contributed by atoms with E-state index in [4.69, 9.17) is 37.4 Å². The Bertz CT molecular complexity index is 1240. The van der Waals surface area contributed by atoms with E-state index in [9.17, 15) is 0 Å². The second-order valence-electron chi connectivity index (χ2n) is 7.47. The van der Waals surface area contributed by atoms with E-state index in [0.717, 1.165) is 5.69 Å². The first-order chi connectivity index (χ1) is 16.0. The maximum Gasteiger partial charge on any atom is 0.215 e. The number of imidazole rings is 1. The molecular weight excluding hydrogens is 485 g/mol. The molecule has 170 valence electrons. The second kappa shape index (κ2) is 9.36. The molecule has 11 heteroatoms. The quantitative estimate of drug-likeness (QED) is 0.376. The molecule has 4 aromatic rings. The van der Waals surface area contributed by atoms with E-state index in [-0.39, 0.29) is 6.10 Å². The smallest absolute Gasteiger partial charge is 0.215 e. The van der Waals surface area contributed by atoms with Crippen molar-refractivity contribution >= 4 is 35.8 Å². The number of ether oxygens (including phenoxy) is 3. The molecule has 33 heavy (non-hydrogen) atoms. The van der Waals surface area contributed by atoms with Gasteiger partial charge in [-0.2, -0.15) is 0 Å². The molecular formula is C22H19Cl2N5O3S. The van der Waals surface area contributed by atoms with Crippen molar-refractivity contribution in [2.24, 2.45) is 0 Å². The Morgan fingerprint density at radius 1 is 1.15 bits per heavy atom. The van der Waals surface area contributed by atoms with E-state index in [1.807, 2.05) is 41.1 Å². The lowest BCUT2D eigenvalue weighted by atomic mass is 10.1. The van der Waals surface area contributed by atoms with Crippen molar-refractivity contribution in [3.63, 3.8) is 0 Å². The molecule has 1 aliphatic heterocycles. The van der Waals surface area contributed by atoms with Gasteiger partial charge in [0.05, 0.1) is 24.5 Å². The number of benzene rings is 2. The molecule has 1 aliphatic rings. The summed E-state index contributed by atoms with van der Waals surface area (Å²) in [5, 5.41) is 9.23. The Morgan fingerprint density at radius 2 is 2.00 bits per heavy atom. The van der Waals surface area contributed by atoms with Gasteiger partial charge in [0, 0.05) is 28.7 Å². The van der Waals surface area contributed by atoms with Gasteiger partial charge >= 0.3 is 0 Å². The average Bonchev–Trinajstić information content (AvgIpc) is 3.55. The van der Waals surface area contributed by atoms with Crippen molar-refractivity contribution in [2.75, 3.05) is 13.2 Å². The van der Waals surface area contributed by atoms with Crippen molar-refractivity contribution in [1.29, 1.82) is 0 Å². The lowest BCUT2D eigenvalue weighted by Gasteiger charge is -2.30. The minimum absolute atomic E-state index is 0.304.